The van der Waals surface area contributed by atoms with Crippen LogP contribution in [0.2, 0.25) is 0 Å². The Balaban J connectivity index is 1.56. The zero-order chi connectivity index (χ0) is 12.3. The second kappa shape index (κ2) is 5.75. The largest absolute Gasteiger partial charge is 0.313 e. The van der Waals surface area contributed by atoms with Gasteiger partial charge in [-0.2, -0.15) is 11.3 Å². The zero-order valence-corrected chi connectivity index (χ0v) is 12.1. The number of hydrogen-bond donors (Lipinski definition) is 1. The van der Waals surface area contributed by atoms with Crippen molar-refractivity contribution < 1.29 is 0 Å². The van der Waals surface area contributed by atoms with E-state index in [1.165, 1.54) is 64.3 Å². The summed E-state index contributed by atoms with van der Waals surface area (Å²) in [5.74, 6) is 0. The minimum absolute atomic E-state index is 0.614. The van der Waals surface area contributed by atoms with Crippen LogP contribution in [0.25, 0.3) is 0 Å². The van der Waals surface area contributed by atoms with E-state index in [2.05, 4.69) is 22.1 Å². The Kier molecular flexibility index (Phi) is 4.05. The zero-order valence-electron chi connectivity index (χ0n) is 11.3. The first-order chi connectivity index (χ1) is 8.86. The van der Waals surface area contributed by atoms with Crippen LogP contribution in [0.3, 0.4) is 0 Å². The average molecular weight is 263 g/mol. The van der Waals surface area contributed by atoms with Crippen molar-refractivity contribution in [2.45, 2.75) is 63.8 Å². The van der Waals surface area contributed by atoms with E-state index in [9.17, 15) is 0 Å². The second-order valence-corrected chi connectivity index (χ2v) is 7.13. The Bertz CT molecular complexity index is 347. The summed E-state index contributed by atoms with van der Waals surface area (Å²) in [5, 5.41) is 8.34. The SMILES string of the molecule is c1cc(CCC2(CNC3CC3)CCCCC2)cs1. The second-order valence-electron chi connectivity index (χ2n) is 6.35. The molecule has 3 rings (SSSR count). The minimum atomic E-state index is 0.614. The Morgan fingerprint density at radius 1 is 1.22 bits per heavy atom. The highest BCUT2D eigenvalue weighted by Crippen LogP contribution is 2.40. The summed E-state index contributed by atoms with van der Waals surface area (Å²) < 4.78 is 0. The molecule has 2 heteroatoms. The highest BCUT2D eigenvalue weighted by molar-refractivity contribution is 7.07. The lowest BCUT2D eigenvalue weighted by Crippen LogP contribution is -2.37. The van der Waals surface area contributed by atoms with Crippen LogP contribution in [0.1, 0.15) is 56.9 Å². The quantitative estimate of drug-likeness (QED) is 0.803. The van der Waals surface area contributed by atoms with Crippen LogP contribution >= 0.6 is 11.3 Å². The fourth-order valence-corrected chi connectivity index (χ4v) is 4.01. The maximum atomic E-state index is 3.80. The maximum Gasteiger partial charge on any atom is 0.00684 e. The van der Waals surface area contributed by atoms with Crippen LogP contribution in [-0.2, 0) is 6.42 Å². The normalized spacial score (nSPS) is 23.1. The van der Waals surface area contributed by atoms with Crippen molar-refractivity contribution in [1.82, 2.24) is 5.32 Å². The van der Waals surface area contributed by atoms with E-state index in [1.807, 2.05) is 11.3 Å². The van der Waals surface area contributed by atoms with Crippen LogP contribution in [0, 0.1) is 5.41 Å². The third kappa shape index (κ3) is 3.36. The maximum absolute atomic E-state index is 3.80. The molecule has 0 unspecified atom stereocenters. The molecular formula is C16H25NS. The lowest BCUT2D eigenvalue weighted by Gasteiger charge is -2.38. The number of thiophene rings is 1. The van der Waals surface area contributed by atoms with Crippen LogP contribution in [0.4, 0.5) is 0 Å². The first-order valence-electron chi connectivity index (χ1n) is 7.61. The molecule has 0 aliphatic heterocycles. The number of hydrogen-bond acceptors (Lipinski definition) is 2. The van der Waals surface area contributed by atoms with Gasteiger partial charge in [0.1, 0.15) is 0 Å². The van der Waals surface area contributed by atoms with E-state index in [0.717, 1.165) is 6.04 Å². The van der Waals surface area contributed by atoms with Crippen LogP contribution in [0.15, 0.2) is 16.8 Å². The summed E-state index contributed by atoms with van der Waals surface area (Å²) in [5.41, 5.74) is 2.17. The average Bonchev–Trinajstić information content (AvgIpc) is 3.10. The molecule has 2 aliphatic rings. The molecule has 1 aromatic heterocycles. The van der Waals surface area contributed by atoms with Gasteiger partial charge in [-0.05, 0) is 66.3 Å². The summed E-state index contributed by atoms with van der Waals surface area (Å²) >= 11 is 1.84. The summed E-state index contributed by atoms with van der Waals surface area (Å²) in [6, 6.07) is 3.17. The van der Waals surface area contributed by atoms with Crippen molar-refractivity contribution in [3.05, 3.63) is 22.4 Å². The van der Waals surface area contributed by atoms with E-state index < -0.39 is 0 Å². The predicted octanol–water partition coefficient (Wildman–Crippen LogP) is 4.38. The van der Waals surface area contributed by atoms with Crippen molar-refractivity contribution >= 4 is 11.3 Å². The lowest BCUT2D eigenvalue weighted by molar-refractivity contribution is 0.166. The molecule has 2 fully saturated rings. The van der Waals surface area contributed by atoms with Gasteiger partial charge in [-0.15, -0.1) is 0 Å². The van der Waals surface area contributed by atoms with E-state index in [4.69, 9.17) is 0 Å². The molecule has 1 N–H and O–H groups in total. The van der Waals surface area contributed by atoms with Crippen molar-refractivity contribution in [3.63, 3.8) is 0 Å². The number of nitrogens with one attached hydrogen (secondary N) is 1. The molecular weight excluding hydrogens is 238 g/mol. The van der Waals surface area contributed by atoms with Crippen LogP contribution in [-0.4, -0.2) is 12.6 Å². The minimum Gasteiger partial charge on any atom is -0.313 e. The van der Waals surface area contributed by atoms with Gasteiger partial charge in [-0.25, -0.2) is 0 Å². The Labute approximate surface area is 115 Å². The monoisotopic (exact) mass is 263 g/mol. The van der Waals surface area contributed by atoms with Gasteiger partial charge in [0.25, 0.3) is 0 Å². The molecule has 2 saturated carbocycles. The molecule has 1 heterocycles. The third-order valence-electron chi connectivity index (χ3n) is 4.78. The van der Waals surface area contributed by atoms with Crippen LogP contribution < -0.4 is 5.32 Å². The van der Waals surface area contributed by atoms with Gasteiger partial charge in [-0.1, -0.05) is 19.3 Å². The van der Waals surface area contributed by atoms with Gasteiger partial charge in [0.2, 0.25) is 0 Å². The van der Waals surface area contributed by atoms with Crippen LogP contribution in [0.5, 0.6) is 0 Å². The van der Waals surface area contributed by atoms with E-state index in [1.54, 1.807) is 5.56 Å². The fourth-order valence-electron chi connectivity index (χ4n) is 3.31. The van der Waals surface area contributed by atoms with Gasteiger partial charge < -0.3 is 5.32 Å². The lowest BCUT2D eigenvalue weighted by atomic mass is 9.70. The summed E-state index contributed by atoms with van der Waals surface area (Å²) in [4.78, 5) is 0. The van der Waals surface area contributed by atoms with Crippen molar-refractivity contribution in [3.8, 4) is 0 Å². The van der Waals surface area contributed by atoms with Gasteiger partial charge in [0.15, 0.2) is 0 Å². The Morgan fingerprint density at radius 3 is 2.72 bits per heavy atom. The molecule has 0 aromatic carbocycles. The third-order valence-corrected chi connectivity index (χ3v) is 5.51. The van der Waals surface area contributed by atoms with E-state index in [0.29, 0.717) is 5.41 Å². The smallest absolute Gasteiger partial charge is 0.00684 e. The highest BCUT2D eigenvalue weighted by Gasteiger charge is 2.33. The molecule has 2 aliphatic carbocycles. The Morgan fingerprint density at radius 2 is 2.06 bits per heavy atom. The van der Waals surface area contributed by atoms with Crippen molar-refractivity contribution in [2.24, 2.45) is 5.41 Å². The molecule has 0 radical (unpaired) electrons. The molecule has 0 spiro atoms. The fraction of sp³-hybridized carbons (Fsp3) is 0.750. The topological polar surface area (TPSA) is 12.0 Å². The molecule has 100 valence electrons. The molecule has 0 bridgehead atoms. The molecule has 0 amide bonds. The van der Waals surface area contributed by atoms with Crippen molar-refractivity contribution in [2.75, 3.05) is 6.54 Å². The molecule has 1 aromatic rings. The van der Waals surface area contributed by atoms with Crippen molar-refractivity contribution in [1.29, 1.82) is 0 Å². The number of aryl methyl sites for hydroxylation is 1. The van der Waals surface area contributed by atoms with Gasteiger partial charge in [0.05, 0.1) is 0 Å². The standard InChI is InChI=1S/C16H25NS/c1-2-8-16(9-3-1,13-17-15-4-5-15)10-6-14-7-11-18-12-14/h7,11-12,15,17H,1-6,8-10,13H2. The summed E-state index contributed by atoms with van der Waals surface area (Å²) in [7, 11) is 0. The molecule has 0 saturated heterocycles. The van der Waals surface area contributed by atoms with E-state index in [-0.39, 0.29) is 0 Å². The Hall–Kier alpha value is -0.340. The molecule has 18 heavy (non-hydrogen) atoms. The highest BCUT2D eigenvalue weighted by atomic mass is 32.1. The number of rotatable bonds is 6. The first-order valence-corrected chi connectivity index (χ1v) is 8.55. The summed E-state index contributed by atoms with van der Waals surface area (Å²) in [6.07, 6.45) is 12.8. The van der Waals surface area contributed by atoms with Gasteiger partial charge in [-0.3, -0.25) is 0 Å². The summed E-state index contributed by atoms with van der Waals surface area (Å²) in [6.45, 7) is 1.28. The molecule has 0 atom stereocenters. The van der Waals surface area contributed by atoms with Gasteiger partial charge in [0, 0.05) is 12.6 Å². The predicted molar refractivity (Wildman–Crippen MR) is 79.2 cm³/mol. The van der Waals surface area contributed by atoms with E-state index >= 15 is 0 Å². The van der Waals surface area contributed by atoms with Gasteiger partial charge >= 0.3 is 0 Å². The molecule has 1 nitrogen and oxygen atoms in total. The first kappa shape index (κ1) is 12.7.